The normalized spacial score (nSPS) is 12.0. The lowest BCUT2D eigenvalue weighted by Gasteiger charge is -2.14. The number of aromatic carboxylic acids is 1. The largest absolute Gasteiger partial charge is 0.573 e. The molecule has 0 saturated heterocycles. The van der Waals surface area contributed by atoms with Crippen molar-refractivity contribution in [1.29, 1.82) is 0 Å². The number of carbonyl (C=O) groups is 1. The summed E-state index contributed by atoms with van der Waals surface area (Å²) in [5.41, 5.74) is 1.88. The third-order valence-electron chi connectivity index (χ3n) is 6.17. The van der Waals surface area contributed by atoms with Crippen LogP contribution >= 0.6 is 0 Å². The van der Waals surface area contributed by atoms with Gasteiger partial charge in [0.15, 0.2) is 0 Å². The van der Waals surface area contributed by atoms with Crippen molar-refractivity contribution in [3.05, 3.63) is 65.6 Å². The third kappa shape index (κ3) is 4.57. The van der Waals surface area contributed by atoms with Crippen molar-refractivity contribution in [2.75, 3.05) is 0 Å². The minimum absolute atomic E-state index is 0.0815. The molecule has 4 heterocycles. The minimum Gasteiger partial charge on any atom is -0.478 e. The molecule has 0 spiro atoms. The summed E-state index contributed by atoms with van der Waals surface area (Å²) in [6, 6.07) is 4.73. The van der Waals surface area contributed by atoms with Gasteiger partial charge in [-0.1, -0.05) is 5.16 Å². The summed E-state index contributed by atoms with van der Waals surface area (Å²) in [7, 11) is 0. The molecule has 0 amide bonds. The Morgan fingerprint density at radius 2 is 1.85 bits per heavy atom. The lowest BCUT2D eigenvalue weighted by atomic mass is 10.00. The first-order valence-corrected chi connectivity index (χ1v) is 11.3. The monoisotopic (exact) mass is 547 g/mol. The molecule has 9 nitrogen and oxygen atoms in total. The van der Waals surface area contributed by atoms with Crippen molar-refractivity contribution in [2.24, 2.45) is 0 Å². The van der Waals surface area contributed by atoms with Gasteiger partial charge in [0.25, 0.3) is 0 Å². The number of rotatable bonds is 6. The molecule has 14 heteroatoms. The van der Waals surface area contributed by atoms with E-state index in [-0.39, 0.29) is 28.2 Å². The zero-order chi connectivity index (χ0) is 28.2. The van der Waals surface area contributed by atoms with Crippen molar-refractivity contribution in [3.8, 4) is 33.7 Å². The number of hydrogen-bond acceptors (Lipinski definition) is 6. The second-order valence-corrected chi connectivity index (χ2v) is 8.61. The number of halogens is 5. The maximum atomic E-state index is 13.4. The molecule has 0 aliphatic carbocycles. The number of fused-ring (bicyclic) bond motifs is 1. The number of pyridine rings is 1. The van der Waals surface area contributed by atoms with Crippen LogP contribution in [0.3, 0.4) is 0 Å². The average molecular weight is 547 g/mol. The van der Waals surface area contributed by atoms with Gasteiger partial charge < -0.3 is 14.4 Å². The lowest BCUT2D eigenvalue weighted by Crippen LogP contribution is -2.18. The molecule has 0 unspecified atom stereocenters. The highest BCUT2D eigenvalue weighted by Gasteiger charge is 2.33. The second-order valence-electron chi connectivity index (χ2n) is 8.61. The molecule has 1 aromatic carbocycles. The van der Waals surface area contributed by atoms with Gasteiger partial charge in [0.05, 0.1) is 28.8 Å². The van der Waals surface area contributed by atoms with Crippen LogP contribution in [-0.2, 0) is 0 Å². The second kappa shape index (κ2) is 9.22. The number of benzene rings is 1. The number of aryl methyl sites for hydroxylation is 2. The van der Waals surface area contributed by atoms with Gasteiger partial charge in [0.2, 0.25) is 0 Å². The number of alkyl halides is 5. The molecule has 0 fully saturated rings. The van der Waals surface area contributed by atoms with E-state index >= 15 is 0 Å². The topological polar surface area (TPSA) is 108 Å². The van der Waals surface area contributed by atoms with E-state index < -0.39 is 30.2 Å². The Balaban J connectivity index is 1.82. The molecule has 39 heavy (non-hydrogen) atoms. The van der Waals surface area contributed by atoms with E-state index in [9.17, 15) is 31.9 Å². The van der Waals surface area contributed by atoms with Crippen molar-refractivity contribution in [1.82, 2.24) is 24.5 Å². The molecule has 1 N–H and O–H groups in total. The Hall–Kier alpha value is -4.75. The Morgan fingerprint density at radius 3 is 2.44 bits per heavy atom. The zero-order valence-electron chi connectivity index (χ0n) is 20.4. The summed E-state index contributed by atoms with van der Waals surface area (Å²) in [5.74, 6) is -1.73. The number of ether oxygens (including phenoxy) is 1. The number of nitrogens with zero attached hydrogens (tertiary/aromatic N) is 5. The quantitative estimate of drug-likeness (QED) is 0.243. The first-order chi connectivity index (χ1) is 18.4. The Morgan fingerprint density at radius 1 is 1.10 bits per heavy atom. The van der Waals surface area contributed by atoms with Crippen LogP contribution in [0.2, 0.25) is 0 Å². The van der Waals surface area contributed by atoms with Crippen LogP contribution in [0, 0.1) is 20.8 Å². The molecule has 4 aromatic heterocycles. The Bertz CT molecular complexity index is 1720. The Labute approximate surface area is 216 Å². The fourth-order valence-corrected chi connectivity index (χ4v) is 4.47. The van der Waals surface area contributed by atoms with Crippen molar-refractivity contribution in [2.45, 2.75) is 33.7 Å². The molecule has 0 bridgehead atoms. The van der Waals surface area contributed by atoms with Crippen LogP contribution in [0.1, 0.15) is 34.1 Å². The van der Waals surface area contributed by atoms with Crippen molar-refractivity contribution in [3.63, 3.8) is 0 Å². The number of hydrogen-bond donors (Lipinski definition) is 1. The SMILES string of the molecule is Cc1noc(C)c1-c1cnc2c(c1)c(-c1ccc(C(=O)O)cc1OC(F)(F)F)cn2-c1cnn(C(F)F)c1C. The first-order valence-electron chi connectivity index (χ1n) is 11.3. The van der Waals surface area contributed by atoms with Gasteiger partial charge in [-0.15, -0.1) is 13.2 Å². The smallest absolute Gasteiger partial charge is 0.478 e. The molecule has 5 rings (SSSR count). The number of aromatic nitrogens is 5. The molecule has 0 atom stereocenters. The van der Waals surface area contributed by atoms with Gasteiger partial charge in [-0.2, -0.15) is 13.9 Å². The highest BCUT2D eigenvalue weighted by atomic mass is 19.4. The summed E-state index contributed by atoms with van der Waals surface area (Å²) in [5, 5.41) is 17.3. The van der Waals surface area contributed by atoms with E-state index in [2.05, 4.69) is 20.0 Å². The van der Waals surface area contributed by atoms with Gasteiger partial charge in [0.1, 0.15) is 17.2 Å². The lowest BCUT2D eigenvalue weighted by molar-refractivity contribution is -0.274. The first kappa shape index (κ1) is 25.9. The van der Waals surface area contributed by atoms with Crippen molar-refractivity contribution >= 4 is 17.0 Å². The van der Waals surface area contributed by atoms with Gasteiger partial charge >= 0.3 is 18.9 Å². The fourth-order valence-electron chi connectivity index (χ4n) is 4.47. The number of carboxylic acid groups (broad SMARTS) is 1. The van der Waals surface area contributed by atoms with Crippen LogP contribution < -0.4 is 4.74 Å². The van der Waals surface area contributed by atoms with Gasteiger partial charge in [0, 0.05) is 40.0 Å². The maximum absolute atomic E-state index is 13.4. The van der Waals surface area contributed by atoms with Crippen LogP contribution in [0.15, 0.2) is 47.4 Å². The molecular formula is C25H18F5N5O4. The molecular weight excluding hydrogens is 529 g/mol. The highest BCUT2D eigenvalue weighted by molar-refractivity contribution is 6.00. The average Bonchev–Trinajstić information content (AvgIpc) is 3.52. The van der Waals surface area contributed by atoms with Crippen LogP contribution in [-0.4, -0.2) is 41.9 Å². The van der Waals surface area contributed by atoms with Crippen LogP contribution in [0.4, 0.5) is 22.0 Å². The van der Waals surface area contributed by atoms with E-state index in [1.807, 2.05) is 0 Å². The van der Waals surface area contributed by atoms with Crippen LogP contribution in [0.25, 0.3) is 39.0 Å². The molecule has 0 aliphatic heterocycles. The molecule has 5 aromatic rings. The fraction of sp³-hybridized carbons (Fsp3) is 0.200. The summed E-state index contributed by atoms with van der Waals surface area (Å²) in [4.78, 5) is 16.0. The zero-order valence-corrected chi connectivity index (χ0v) is 20.4. The highest BCUT2D eigenvalue weighted by Crippen LogP contribution is 2.41. The summed E-state index contributed by atoms with van der Waals surface area (Å²) < 4.78 is 78.2. The van der Waals surface area contributed by atoms with E-state index in [0.717, 1.165) is 12.1 Å². The van der Waals surface area contributed by atoms with Gasteiger partial charge in [-0.3, -0.25) is 4.57 Å². The predicted octanol–water partition coefficient (Wildman–Crippen LogP) is 6.46. The van der Waals surface area contributed by atoms with E-state index in [1.54, 1.807) is 19.9 Å². The molecule has 0 radical (unpaired) electrons. The predicted molar refractivity (Wildman–Crippen MR) is 127 cm³/mol. The summed E-state index contributed by atoms with van der Waals surface area (Å²) in [6.07, 6.45) is -1.02. The third-order valence-corrected chi connectivity index (χ3v) is 6.17. The summed E-state index contributed by atoms with van der Waals surface area (Å²) in [6.45, 7) is 1.89. The molecule has 0 aliphatic rings. The van der Waals surface area contributed by atoms with Gasteiger partial charge in [-0.25, -0.2) is 14.5 Å². The minimum atomic E-state index is -5.13. The summed E-state index contributed by atoms with van der Waals surface area (Å²) >= 11 is 0. The van der Waals surface area contributed by atoms with E-state index in [0.29, 0.717) is 32.6 Å². The van der Waals surface area contributed by atoms with E-state index in [4.69, 9.17) is 4.52 Å². The standard InChI is InChI=1S/C25H18F5N5O4/c1-11-21(13(3)39-33-11)15-6-17-18(16-5-4-14(23(36)37)7-20(16)38-25(28,29)30)10-34(22(17)31-8-15)19-9-32-35(12(19)2)24(26)27/h4-10,24H,1-3H3,(H,36,37). The molecule has 0 saturated carbocycles. The van der Waals surface area contributed by atoms with E-state index in [1.165, 1.54) is 36.1 Å². The van der Waals surface area contributed by atoms with Crippen LogP contribution in [0.5, 0.6) is 5.75 Å². The van der Waals surface area contributed by atoms with Gasteiger partial charge in [-0.05, 0) is 45.0 Å². The molecule has 202 valence electrons. The van der Waals surface area contributed by atoms with Crippen molar-refractivity contribution < 1.29 is 41.1 Å². The Kier molecular flexibility index (Phi) is 6.12. The maximum Gasteiger partial charge on any atom is 0.573 e. The number of carboxylic acids is 1.